The van der Waals surface area contributed by atoms with Crippen molar-refractivity contribution in [1.82, 2.24) is 5.32 Å². The largest absolute Gasteiger partial charge is 0.378 e. The van der Waals surface area contributed by atoms with E-state index in [1.807, 2.05) is 6.07 Å². The third-order valence-corrected chi connectivity index (χ3v) is 7.54. The number of hydrogen-bond donors (Lipinski definition) is 2. The van der Waals surface area contributed by atoms with Gasteiger partial charge in [0.05, 0.1) is 58.6 Å². The standard InChI is InChI=1S/C27H41IN2O7S/c1-24-22-26(8-9-27(24)28)30(23-25-6-3-2-4-7-25)12-14-35-16-18-37-20-19-36-17-15-34-13-11-29-10-5-21-38(31,32)33/h2-4,6-9,22,29H,5,10-21,23H2,1H3,(H,31,32,33). The minimum absolute atomic E-state index is 0.232. The number of aryl methyl sites for hydroxylation is 1. The Morgan fingerprint density at radius 3 is 2.05 bits per heavy atom. The lowest BCUT2D eigenvalue weighted by molar-refractivity contribution is -0.000732. The second-order valence-electron chi connectivity index (χ2n) is 8.68. The van der Waals surface area contributed by atoms with Crippen molar-refractivity contribution in [2.24, 2.45) is 0 Å². The zero-order chi connectivity index (χ0) is 27.5. The van der Waals surface area contributed by atoms with Crippen LogP contribution in [-0.4, -0.2) is 91.2 Å². The molecule has 9 nitrogen and oxygen atoms in total. The summed E-state index contributed by atoms with van der Waals surface area (Å²) in [6.07, 6.45) is 0.368. The Balaban J connectivity index is 1.47. The van der Waals surface area contributed by atoms with Crippen molar-refractivity contribution in [3.05, 3.63) is 63.2 Å². The fraction of sp³-hybridized carbons (Fsp3) is 0.556. The van der Waals surface area contributed by atoms with Crippen LogP contribution in [0.2, 0.25) is 0 Å². The summed E-state index contributed by atoms with van der Waals surface area (Å²) in [5.41, 5.74) is 3.73. The lowest BCUT2D eigenvalue weighted by atomic mass is 10.1. The fourth-order valence-electron chi connectivity index (χ4n) is 3.51. The zero-order valence-electron chi connectivity index (χ0n) is 22.1. The van der Waals surface area contributed by atoms with E-state index in [1.165, 1.54) is 20.4 Å². The van der Waals surface area contributed by atoms with Crippen LogP contribution in [0.4, 0.5) is 5.69 Å². The van der Waals surface area contributed by atoms with E-state index in [4.69, 9.17) is 23.5 Å². The number of ether oxygens (including phenoxy) is 4. The first-order valence-corrected chi connectivity index (χ1v) is 15.6. The first-order chi connectivity index (χ1) is 18.3. The van der Waals surface area contributed by atoms with Crippen molar-refractivity contribution in [3.8, 4) is 0 Å². The first kappa shape index (κ1) is 32.9. The molecule has 2 aromatic carbocycles. The number of rotatable bonds is 22. The maximum absolute atomic E-state index is 10.6. The molecule has 0 saturated heterocycles. The van der Waals surface area contributed by atoms with E-state index in [-0.39, 0.29) is 5.75 Å². The van der Waals surface area contributed by atoms with E-state index < -0.39 is 10.1 Å². The molecule has 0 saturated carbocycles. The van der Waals surface area contributed by atoms with Crippen molar-refractivity contribution in [1.29, 1.82) is 0 Å². The Morgan fingerprint density at radius 2 is 1.45 bits per heavy atom. The lowest BCUT2D eigenvalue weighted by Gasteiger charge is -2.25. The quantitative estimate of drug-likeness (QED) is 0.111. The monoisotopic (exact) mass is 664 g/mol. The molecule has 11 heteroatoms. The summed E-state index contributed by atoms with van der Waals surface area (Å²) in [5.74, 6) is -0.232. The van der Waals surface area contributed by atoms with Crippen molar-refractivity contribution >= 4 is 38.4 Å². The minimum Gasteiger partial charge on any atom is -0.378 e. The predicted molar refractivity (Wildman–Crippen MR) is 159 cm³/mol. The predicted octanol–water partition coefficient (Wildman–Crippen LogP) is 3.54. The van der Waals surface area contributed by atoms with Gasteiger partial charge in [-0.2, -0.15) is 8.42 Å². The van der Waals surface area contributed by atoms with Crippen molar-refractivity contribution in [2.75, 3.05) is 83.1 Å². The van der Waals surface area contributed by atoms with Crippen LogP contribution < -0.4 is 10.2 Å². The van der Waals surface area contributed by atoms with Gasteiger partial charge >= 0.3 is 0 Å². The Hall–Kier alpha value is -1.32. The average molecular weight is 665 g/mol. The number of anilines is 1. The van der Waals surface area contributed by atoms with Crippen LogP contribution >= 0.6 is 22.6 Å². The van der Waals surface area contributed by atoms with Crippen LogP contribution in [0.5, 0.6) is 0 Å². The molecule has 0 bridgehead atoms. The number of nitrogens with zero attached hydrogens (tertiary/aromatic N) is 1. The van der Waals surface area contributed by atoms with Crippen LogP contribution in [0.3, 0.4) is 0 Å². The molecule has 0 spiro atoms. The van der Waals surface area contributed by atoms with E-state index in [1.54, 1.807) is 0 Å². The van der Waals surface area contributed by atoms with Gasteiger partial charge in [0.15, 0.2) is 0 Å². The van der Waals surface area contributed by atoms with E-state index in [2.05, 4.69) is 82.2 Å². The Morgan fingerprint density at radius 1 is 0.842 bits per heavy atom. The Bertz CT molecular complexity index is 996. The summed E-state index contributed by atoms with van der Waals surface area (Å²) in [7, 11) is -3.88. The van der Waals surface area contributed by atoms with Crippen LogP contribution in [0.15, 0.2) is 48.5 Å². The van der Waals surface area contributed by atoms with E-state index >= 15 is 0 Å². The summed E-state index contributed by atoms with van der Waals surface area (Å²) in [4.78, 5) is 2.34. The minimum atomic E-state index is -3.88. The van der Waals surface area contributed by atoms with E-state index in [0.717, 1.165) is 13.1 Å². The van der Waals surface area contributed by atoms with Gasteiger partial charge in [0.2, 0.25) is 0 Å². The molecule has 0 aromatic heterocycles. The van der Waals surface area contributed by atoms with E-state index in [9.17, 15) is 8.42 Å². The summed E-state index contributed by atoms with van der Waals surface area (Å²) < 4.78 is 53.4. The van der Waals surface area contributed by atoms with Gasteiger partial charge in [-0.25, -0.2) is 0 Å². The molecule has 0 radical (unpaired) electrons. The van der Waals surface area contributed by atoms with Gasteiger partial charge in [0.25, 0.3) is 10.1 Å². The molecule has 0 aliphatic heterocycles. The fourth-order valence-corrected chi connectivity index (χ4v) is 4.36. The highest BCUT2D eigenvalue weighted by molar-refractivity contribution is 14.1. The van der Waals surface area contributed by atoms with Gasteiger partial charge in [-0.1, -0.05) is 30.3 Å². The number of hydrogen-bond acceptors (Lipinski definition) is 8. The summed E-state index contributed by atoms with van der Waals surface area (Å²) in [6, 6.07) is 17.0. The maximum atomic E-state index is 10.6. The number of halogens is 1. The smallest absolute Gasteiger partial charge is 0.264 e. The van der Waals surface area contributed by atoms with E-state index in [0.29, 0.717) is 72.4 Å². The zero-order valence-corrected chi connectivity index (χ0v) is 25.1. The molecule has 0 amide bonds. The molecule has 2 rings (SSSR count). The number of nitrogens with one attached hydrogen (secondary N) is 1. The number of benzene rings is 2. The SMILES string of the molecule is Cc1cc(N(CCOCCOCCOCCOCCNCCCS(=O)(=O)O)Cc2ccccc2)ccc1I. The van der Waals surface area contributed by atoms with Crippen LogP contribution in [0, 0.1) is 10.5 Å². The second-order valence-corrected chi connectivity index (χ2v) is 11.4. The third kappa shape index (κ3) is 15.9. The molecule has 0 heterocycles. The van der Waals surface area contributed by atoms with Crippen molar-refractivity contribution < 1.29 is 31.9 Å². The van der Waals surface area contributed by atoms with Crippen LogP contribution in [-0.2, 0) is 35.6 Å². The maximum Gasteiger partial charge on any atom is 0.264 e. The summed E-state index contributed by atoms with van der Waals surface area (Å²) in [5, 5.41) is 3.05. The van der Waals surface area contributed by atoms with Gasteiger partial charge < -0.3 is 29.2 Å². The van der Waals surface area contributed by atoms with Crippen molar-refractivity contribution in [3.63, 3.8) is 0 Å². The highest BCUT2D eigenvalue weighted by atomic mass is 127. The van der Waals surface area contributed by atoms with Gasteiger partial charge in [-0.3, -0.25) is 4.55 Å². The molecule has 0 aliphatic rings. The highest BCUT2D eigenvalue weighted by Crippen LogP contribution is 2.22. The van der Waals surface area contributed by atoms with Gasteiger partial charge in [-0.05, 0) is 71.8 Å². The van der Waals surface area contributed by atoms with Gasteiger partial charge in [0, 0.05) is 28.9 Å². The molecule has 2 N–H and O–H groups in total. The summed E-state index contributed by atoms with van der Waals surface area (Å²) >= 11 is 2.36. The lowest BCUT2D eigenvalue weighted by Crippen LogP contribution is -2.27. The molecule has 0 atom stereocenters. The van der Waals surface area contributed by atoms with Crippen molar-refractivity contribution in [2.45, 2.75) is 19.9 Å². The van der Waals surface area contributed by atoms with Crippen LogP contribution in [0.25, 0.3) is 0 Å². The Kier molecular flexibility index (Phi) is 17.0. The van der Waals surface area contributed by atoms with Gasteiger partial charge in [0.1, 0.15) is 0 Å². The molecule has 0 aliphatic carbocycles. The molecule has 2 aromatic rings. The molecule has 0 fully saturated rings. The third-order valence-electron chi connectivity index (χ3n) is 5.52. The normalized spacial score (nSPS) is 11.7. The molecular weight excluding hydrogens is 623 g/mol. The van der Waals surface area contributed by atoms with Crippen LogP contribution in [0.1, 0.15) is 17.5 Å². The average Bonchev–Trinajstić information content (AvgIpc) is 2.89. The van der Waals surface area contributed by atoms with Gasteiger partial charge in [-0.15, -0.1) is 0 Å². The molecule has 214 valence electrons. The summed E-state index contributed by atoms with van der Waals surface area (Å²) in [6.45, 7) is 9.02. The second kappa shape index (κ2) is 19.7. The highest BCUT2D eigenvalue weighted by Gasteiger charge is 2.09. The Labute approximate surface area is 241 Å². The topological polar surface area (TPSA) is 107 Å². The molecule has 38 heavy (non-hydrogen) atoms. The molecular formula is C27H41IN2O7S. The molecule has 0 unspecified atom stereocenters. The first-order valence-electron chi connectivity index (χ1n) is 12.9.